The second kappa shape index (κ2) is 5.51. The summed E-state index contributed by atoms with van der Waals surface area (Å²) >= 11 is 1.46. The van der Waals surface area contributed by atoms with Crippen LogP contribution in [0.4, 0.5) is 11.6 Å². The van der Waals surface area contributed by atoms with Crippen molar-refractivity contribution in [3.8, 4) is 0 Å². The Morgan fingerprint density at radius 2 is 2.33 bits per heavy atom. The maximum Gasteiger partial charge on any atom is 0.319 e. The van der Waals surface area contributed by atoms with Crippen LogP contribution in [-0.2, 0) is 0 Å². The zero-order valence-corrected chi connectivity index (χ0v) is 11.0. The van der Waals surface area contributed by atoms with Gasteiger partial charge in [-0.15, -0.1) is 0 Å². The molecule has 18 heavy (non-hydrogen) atoms. The molecule has 2 rings (SSSR count). The van der Waals surface area contributed by atoms with E-state index in [1.807, 2.05) is 0 Å². The average Bonchev–Trinajstić information content (AvgIpc) is 2.28. The van der Waals surface area contributed by atoms with E-state index in [9.17, 15) is 10.1 Å². The number of nitrogens with two attached hydrogens (primary N) is 1. The fraction of sp³-hybridized carbons (Fsp3) is 0.636. The molecule has 7 heteroatoms. The Hall–Kier alpha value is -1.37. The summed E-state index contributed by atoms with van der Waals surface area (Å²) in [7, 11) is 0. The number of hydrogen-bond donors (Lipinski definition) is 1. The first-order valence-electron chi connectivity index (χ1n) is 6.00. The standard InChI is InChI=1S/C11H16N4O2S/c1-7-3-2-4-8(5-7)18-10-9(15(16)17)6-13-11(12)14-10/h6-8H,2-5H2,1H3,(H2,12,13,14). The van der Waals surface area contributed by atoms with Crippen molar-refractivity contribution in [3.63, 3.8) is 0 Å². The number of nitro groups is 1. The second-order valence-electron chi connectivity index (χ2n) is 4.69. The maximum absolute atomic E-state index is 10.9. The third-order valence-electron chi connectivity index (χ3n) is 3.12. The molecule has 6 nitrogen and oxygen atoms in total. The molecule has 2 unspecified atom stereocenters. The minimum absolute atomic E-state index is 0.0487. The quantitative estimate of drug-likeness (QED) is 0.514. The molecule has 1 aromatic rings. The van der Waals surface area contributed by atoms with Crippen molar-refractivity contribution in [1.82, 2.24) is 9.97 Å². The van der Waals surface area contributed by atoms with Gasteiger partial charge >= 0.3 is 5.69 Å². The third-order valence-corrected chi connectivity index (χ3v) is 4.40. The maximum atomic E-state index is 10.9. The minimum atomic E-state index is -0.450. The number of nitrogen functional groups attached to an aromatic ring is 1. The summed E-state index contributed by atoms with van der Waals surface area (Å²) in [6.45, 7) is 2.22. The summed E-state index contributed by atoms with van der Waals surface area (Å²) in [6, 6.07) is 0. The average molecular weight is 268 g/mol. The van der Waals surface area contributed by atoms with Crippen LogP contribution in [0.3, 0.4) is 0 Å². The van der Waals surface area contributed by atoms with Crippen LogP contribution in [0.5, 0.6) is 0 Å². The van der Waals surface area contributed by atoms with Crippen LogP contribution < -0.4 is 5.73 Å². The molecule has 1 heterocycles. The molecule has 1 saturated carbocycles. The molecule has 1 aliphatic carbocycles. The van der Waals surface area contributed by atoms with E-state index in [1.54, 1.807) is 0 Å². The molecule has 0 spiro atoms. The molecule has 0 aliphatic heterocycles. The highest BCUT2D eigenvalue weighted by molar-refractivity contribution is 8.00. The summed E-state index contributed by atoms with van der Waals surface area (Å²) in [5.41, 5.74) is 5.45. The van der Waals surface area contributed by atoms with Gasteiger partial charge in [-0.05, 0) is 18.8 Å². The predicted octanol–water partition coefficient (Wildman–Crippen LogP) is 2.64. The highest BCUT2D eigenvalue weighted by atomic mass is 32.2. The van der Waals surface area contributed by atoms with Gasteiger partial charge in [0.15, 0.2) is 5.03 Å². The fourth-order valence-corrected chi connectivity index (χ4v) is 3.65. The van der Waals surface area contributed by atoms with E-state index in [4.69, 9.17) is 5.73 Å². The lowest BCUT2D eigenvalue weighted by atomic mass is 9.91. The number of rotatable bonds is 3. The molecule has 1 fully saturated rings. The molecule has 0 radical (unpaired) electrons. The Kier molecular flexibility index (Phi) is 4.00. The van der Waals surface area contributed by atoms with Gasteiger partial charge in [-0.2, -0.15) is 4.98 Å². The zero-order chi connectivity index (χ0) is 13.1. The van der Waals surface area contributed by atoms with Gasteiger partial charge in [0, 0.05) is 5.25 Å². The molecule has 0 bridgehead atoms. The van der Waals surface area contributed by atoms with Crippen LogP contribution >= 0.6 is 11.8 Å². The van der Waals surface area contributed by atoms with Gasteiger partial charge in [-0.25, -0.2) is 4.98 Å². The Bertz CT molecular complexity index is 455. The zero-order valence-electron chi connectivity index (χ0n) is 10.2. The van der Waals surface area contributed by atoms with E-state index in [1.165, 1.54) is 30.8 Å². The van der Waals surface area contributed by atoms with Gasteiger partial charge in [0.1, 0.15) is 6.20 Å². The first-order chi connectivity index (χ1) is 8.56. The van der Waals surface area contributed by atoms with Gasteiger partial charge in [-0.3, -0.25) is 10.1 Å². The summed E-state index contributed by atoms with van der Waals surface area (Å²) in [6.07, 6.45) is 5.76. The van der Waals surface area contributed by atoms with E-state index in [-0.39, 0.29) is 11.6 Å². The number of nitrogens with zero attached hydrogens (tertiary/aromatic N) is 3. The SMILES string of the molecule is CC1CCCC(Sc2nc(N)ncc2[N+](=O)[O-])C1. The number of aromatic nitrogens is 2. The highest BCUT2D eigenvalue weighted by Gasteiger charge is 2.25. The predicted molar refractivity (Wildman–Crippen MR) is 70.4 cm³/mol. The van der Waals surface area contributed by atoms with Gasteiger partial charge in [0.05, 0.1) is 4.92 Å². The fourth-order valence-electron chi connectivity index (χ4n) is 2.23. The molecular formula is C11H16N4O2S. The Labute approximate surface area is 110 Å². The summed E-state index contributed by atoms with van der Waals surface area (Å²) in [5.74, 6) is 0.765. The van der Waals surface area contributed by atoms with Crippen molar-refractivity contribution in [2.75, 3.05) is 5.73 Å². The van der Waals surface area contributed by atoms with Crippen LogP contribution in [-0.4, -0.2) is 20.1 Å². The van der Waals surface area contributed by atoms with Crippen LogP contribution in [0.15, 0.2) is 11.2 Å². The normalized spacial score (nSPS) is 23.8. The van der Waals surface area contributed by atoms with Crippen molar-refractivity contribution < 1.29 is 4.92 Å². The monoisotopic (exact) mass is 268 g/mol. The van der Waals surface area contributed by atoms with Crippen LogP contribution in [0, 0.1) is 16.0 Å². The third kappa shape index (κ3) is 3.10. The molecule has 2 atom stereocenters. The van der Waals surface area contributed by atoms with Gasteiger partial charge in [0.2, 0.25) is 5.95 Å². The van der Waals surface area contributed by atoms with Crippen molar-refractivity contribution >= 4 is 23.4 Å². The Balaban J connectivity index is 2.16. The first-order valence-corrected chi connectivity index (χ1v) is 6.87. The van der Waals surface area contributed by atoms with E-state index in [0.29, 0.717) is 16.2 Å². The Morgan fingerprint density at radius 3 is 3.00 bits per heavy atom. The molecule has 0 amide bonds. The summed E-state index contributed by atoms with van der Waals surface area (Å²) < 4.78 is 0. The van der Waals surface area contributed by atoms with Crippen molar-refractivity contribution in [2.24, 2.45) is 5.92 Å². The van der Waals surface area contributed by atoms with E-state index in [2.05, 4.69) is 16.9 Å². The van der Waals surface area contributed by atoms with Gasteiger partial charge in [0.25, 0.3) is 0 Å². The first kappa shape index (κ1) is 13.1. The van der Waals surface area contributed by atoms with Crippen LogP contribution in [0.25, 0.3) is 0 Å². The summed E-state index contributed by atoms with van der Waals surface area (Å²) in [5, 5.41) is 11.7. The number of anilines is 1. The number of thioether (sulfide) groups is 1. The lowest BCUT2D eigenvalue weighted by Crippen LogP contribution is -2.15. The van der Waals surface area contributed by atoms with E-state index < -0.39 is 4.92 Å². The van der Waals surface area contributed by atoms with Gasteiger partial charge in [-0.1, -0.05) is 31.5 Å². The van der Waals surface area contributed by atoms with Gasteiger partial charge < -0.3 is 5.73 Å². The van der Waals surface area contributed by atoms with Crippen molar-refractivity contribution in [1.29, 1.82) is 0 Å². The van der Waals surface area contributed by atoms with E-state index >= 15 is 0 Å². The molecule has 1 aliphatic rings. The lowest BCUT2D eigenvalue weighted by molar-refractivity contribution is -0.388. The van der Waals surface area contributed by atoms with Crippen LogP contribution in [0.1, 0.15) is 32.6 Å². The molecular weight excluding hydrogens is 252 g/mol. The number of hydrogen-bond acceptors (Lipinski definition) is 6. The van der Waals surface area contributed by atoms with Crippen molar-refractivity contribution in [3.05, 3.63) is 16.3 Å². The minimum Gasteiger partial charge on any atom is -0.368 e. The molecule has 2 N–H and O–H groups in total. The molecule has 98 valence electrons. The van der Waals surface area contributed by atoms with Crippen molar-refractivity contribution in [2.45, 2.75) is 42.9 Å². The van der Waals surface area contributed by atoms with E-state index in [0.717, 1.165) is 12.8 Å². The Morgan fingerprint density at radius 1 is 1.56 bits per heavy atom. The lowest BCUT2D eigenvalue weighted by Gasteiger charge is -2.25. The topological polar surface area (TPSA) is 94.9 Å². The smallest absolute Gasteiger partial charge is 0.319 e. The molecule has 0 saturated heterocycles. The summed E-state index contributed by atoms with van der Waals surface area (Å²) in [4.78, 5) is 18.1. The van der Waals surface area contributed by atoms with Crippen LogP contribution in [0.2, 0.25) is 0 Å². The second-order valence-corrected chi connectivity index (χ2v) is 5.98. The molecule has 0 aromatic carbocycles. The largest absolute Gasteiger partial charge is 0.368 e. The molecule has 1 aromatic heterocycles. The highest BCUT2D eigenvalue weighted by Crippen LogP contribution is 2.38.